The molecule has 0 saturated carbocycles. The smallest absolute Gasteiger partial charge is 0.147 e. The molecular formula is C12H15ClO3. The van der Waals surface area contributed by atoms with Gasteiger partial charge in [0.05, 0.1) is 19.6 Å². The molecule has 0 bridgehead atoms. The maximum Gasteiger partial charge on any atom is 0.147 e. The molecule has 0 aliphatic carbocycles. The minimum Gasteiger partial charge on any atom is -0.497 e. The third-order valence-electron chi connectivity index (χ3n) is 2.33. The molecule has 1 aromatic rings. The maximum atomic E-state index is 11.1. The molecule has 0 fully saturated rings. The van der Waals surface area contributed by atoms with Gasteiger partial charge in [0.15, 0.2) is 0 Å². The molecule has 0 N–H and O–H groups in total. The van der Waals surface area contributed by atoms with Crippen molar-refractivity contribution < 1.29 is 14.3 Å². The van der Waals surface area contributed by atoms with Crippen molar-refractivity contribution in [1.82, 2.24) is 0 Å². The van der Waals surface area contributed by atoms with Crippen LogP contribution in [0.1, 0.15) is 12.5 Å². The van der Waals surface area contributed by atoms with E-state index in [-0.39, 0.29) is 5.78 Å². The van der Waals surface area contributed by atoms with Gasteiger partial charge in [0.2, 0.25) is 0 Å². The minimum absolute atomic E-state index is 0.0495. The van der Waals surface area contributed by atoms with Crippen molar-refractivity contribution in [2.75, 3.05) is 14.2 Å². The van der Waals surface area contributed by atoms with E-state index in [4.69, 9.17) is 21.1 Å². The molecule has 0 heterocycles. The summed E-state index contributed by atoms with van der Waals surface area (Å²) < 4.78 is 10.3. The zero-order chi connectivity index (χ0) is 12.1. The van der Waals surface area contributed by atoms with Crippen molar-refractivity contribution >= 4 is 17.4 Å². The second-order valence-corrected chi connectivity index (χ2v) is 3.99. The second-order valence-electron chi connectivity index (χ2n) is 3.46. The van der Waals surface area contributed by atoms with Crippen molar-refractivity contribution in [3.63, 3.8) is 0 Å². The summed E-state index contributed by atoms with van der Waals surface area (Å²) in [6.07, 6.45) is 0.442. The Morgan fingerprint density at radius 1 is 1.38 bits per heavy atom. The van der Waals surface area contributed by atoms with Gasteiger partial charge in [-0.05, 0) is 37.1 Å². The van der Waals surface area contributed by atoms with Gasteiger partial charge in [-0.15, -0.1) is 11.6 Å². The van der Waals surface area contributed by atoms with E-state index in [9.17, 15) is 4.79 Å². The van der Waals surface area contributed by atoms with Gasteiger partial charge in [-0.2, -0.15) is 0 Å². The summed E-state index contributed by atoms with van der Waals surface area (Å²) in [5.41, 5.74) is 0.872. The first kappa shape index (κ1) is 12.8. The minimum atomic E-state index is -0.527. The number of hydrogen-bond donors (Lipinski definition) is 0. The molecule has 0 aliphatic rings. The molecule has 1 rings (SSSR count). The Morgan fingerprint density at radius 2 is 2.06 bits per heavy atom. The molecule has 0 radical (unpaired) electrons. The van der Waals surface area contributed by atoms with Gasteiger partial charge in [0, 0.05) is 0 Å². The molecule has 16 heavy (non-hydrogen) atoms. The highest BCUT2D eigenvalue weighted by molar-refractivity contribution is 6.30. The van der Waals surface area contributed by atoms with Crippen LogP contribution in [0, 0.1) is 0 Å². The first-order valence-electron chi connectivity index (χ1n) is 4.94. The molecule has 0 aliphatic heterocycles. The first-order chi connectivity index (χ1) is 7.58. The number of hydrogen-bond acceptors (Lipinski definition) is 3. The molecule has 0 saturated heterocycles. The van der Waals surface area contributed by atoms with Crippen LogP contribution in [-0.2, 0) is 11.2 Å². The molecule has 0 spiro atoms. The molecule has 1 unspecified atom stereocenters. The van der Waals surface area contributed by atoms with E-state index < -0.39 is 5.38 Å². The molecule has 0 aromatic heterocycles. The van der Waals surface area contributed by atoms with Gasteiger partial charge in [-0.1, -0.05) is 0 Å². The number of carbonyl (C=O) groups is 1. The molecule has 1 aromatic carbocycles. The predicted molar refractivity (Wildman–Crippen MR) is 63.6 cm³/mol. The van der Waals surface area contributed by atoms with Crippen LogP contribution in [0.3, 0.4) is 0 Å². The number of ether oxygens (including phenoxy) is 2. The van der Waals surface area contributed by atoms with Crippen LogP contribution in [0.15, 0.2) is 18.2 Å². The van der Waals surface area contributed by atoms with Crippen molar-refractivity contribution in [3.8, 4) is 11.5 Å². The molecule has 3 nitrogen and oxygen atoms in total. The van der Waals surface area contributed by atoms with Gasteiger partial charge < -0.3 is 9.47 Å². The lowest BCUT2D eigenvalue weighted by Crippen LogP contribution is -2.13. The average molecular weight is 243 g/mol. The van der Waals surface area contributed by atoms with Gasteiger partial charge in [0.1, 0.15) is 17.3 Å². The fourth-order valence-corrected chi connectivity index (χ4v) is 1.54. The Kier molecular flexibility index (Phi) is 4.62. The van der Waals surface area contributed by atoms with Crippen LogP contribution >= 0.6 is 11.6 Å². The zero-order valence-corrected chi connectivity index (χ0v) is 10.4. The number of methoxy groups -OCH3 is 2. The van der Waals surface area contributed by atoms with Gasteiger partial charge >= 0.3 is 0 Å². The number of ketones is 1. The normalized spacial score (nSPS) is 12.0. The Hall–Kier alpha value is -1.22. The highest BCUT2D eigenvalue weighted by atomic mass is 35.5. The number of alkyl halides is 1. The highest BCUT2D eigenvalue weighted by Gasteiger charge is 2.14. The number of Topliss-reactive ketones (excluding diaryl/α,β-unsaturated/α-hetero) is 1. The quantitative estimate of drug-likeness (QED) is 0.744. The lowest BCUT2D eigenvalue weighted by atomic mass is 10.1. The van der Waals surface area contributed by atoms with Crippen molar-refractivity contribution in [2.45, 2.75) is 18.7 Å². The lowest BCUT2D eigenvalue weighted by Gasteiger charge is -2.12. The van der Waals surface area contributed by atoms with Crippen LogP contribution < -0.4 is 9.47 Å². The standard InChI is InChI=1S/C12H15ClO3/c1-8(14)11(13)7-9-6-10(15-2)4-5-12(9)16-3/h4-6,11H,7H2,1-3H3. The van der Waals surface area contributed by atoms with Crippen LogP contribution in [0.4, 0.5) is 0 Å². The van der Waals surface area contributed by atoms with E-state index >= 15 is 0 Å². The lowest BCUT2D eigenvalue weighted by molar-refractivity contribution is -0.116. The largest absolute Gasteiger partial charge is 0.497 e. The molecule has 1 atom stereocenters. The Bertz CT molecular complexity index is 377. The topological polar surface area (TPSA) is 35.5 Å². The van der Waals surface area contributed by atoms with E-state index in [0.717, 1.165) is 11.3 Å². The second kappa shape index (κ2) is 5.75. The van der Waals surface area contributed by atoms with Gasteiger partial charge in [-0.25, -0.2) is 0 Å². The number of benzene rings is 1. The Balaban J connectivity index is 2.95. The number of rotatable bonds is 5. The molecule has 4 heteroatoms. The summed E-state index contributed by atoms with van der Waals surface area (Å²) in [5, 5.41) is -0.527. The van der Waals surface area contributed by atoms with E-state index in [1.54, 1.807) is 26.4 Å². The molecule has 0 amide bonds. The third kappa shape index (κ3) is 3.14. The van der Waals surface area contributed by atoms with Crippen molar-refractivity contribution in [2.24, 2.45) is 0 Å². The summed E-state index contributed by atoms with van der Waals surface area (Å²) in [7, 11) is 3.18. The maximum absolute atomic E-state index is 11.1. The summed E-state index contributed by atoms with van der Waals surface area (Å²) in [6, 6.07) is 5.44. The SMILES string of the molecule is COc1ccc(OC)c(CC(Cl)C(C)=O)c1. The summed E-state index contributed by atoms with van der Waals surface area (Å²) in [5.74, 6) is 1.39. The third-order valence-corrected chi connectivity index (χ3v) is 2.79. The molecule has 88 valence electrons. The van der Waals surface area contributed by atoms with Gasteiger partial charge in [-0.3, -0.25) is 4.79 Å². The summed E-state index contributed by atoms with van der Waals surface area (Å²) in [4.78, 5) is 11.1. The number of carbonyl (C=O) groups excluding carboxylic acids is 1. The summed E-state index contributed by atoms with van der Waals surface area (Å²) in [6.45, 7) is 1.48. The van der Waals surface area contributed by atoms with E-state index in [0.29, 0.717) is 12.2 Å². The number of halogens is 1. The van der Waals surface area contributed by atoms with Crippen LogP contribution in [0.2, 0.25) is 0 Å². The zero-order valence-electron chi connectivity index (χ0n) is 9.62. The van der Waals surface area contributed by atoms with Crippen LogP contribution in [0.5, 0.6) is 11.5 Å². The van der Waals surface area contributed by atoms with E-state index in [2.05, 4.69) is 0 Å². The molecular weight excluding hydrogens is 228 g/mol. The van der Waals surface area contributed by atoms with E-state index in [1.807, 2.05) is 6.07 Å². The average Bonchev–Trinajstić information content (AvgIpc) is 2.28. The van der Waals surface area contributed by atoms with E-state index in [1.165, 1.54) is 6.92 Å². The first-order valence-corrected chi connectivity index (χ1v) is 5.37. The van der Waals surface area contributed by atoms with Crippen LogP contribution in [-0.4, -0.2) is 25.4 Å². The highest BCUT2D eigenvalue weighted by Crippen LogP contribution is 2.26. The summed E-state index contributed by atoms with van der Waals surface area (Å²) >= 11 is 5.93. The monoisotopic (exact) mass is 242 g/mol. The fourth-order valence-electron chi connectivity index (χ4n) is 1.38. The Morgan fingerprint density at radius 3 is 2.56 bits per heavy atom. The fraction of sp³-hybridized carbons (Fsp3) is 0.417. The van der Waals surface area contributed by atoms with Crippen LogP contribution in [0.25, 0.3) is 0 Å². The predicted octanol–water partition coefficient (Wildman–Crippen LogP) is 2.44. The van der Waals surface area contributed by atoms with Crippen molar-refractivity contribution in [3.05, 3.63) is 23.8 Å². The van der Waals surface area contributed by atoms with Gasteiger partial charge in [0.25, 0.3) is 0 Å². The van der Waals surface area contributed by atoms with Crippen molar-refractivity contribution in [1.29, 1.82) is 0 Å². The Labute approximate surface area is 100 Å².